The van der Waals surface area contributed by atoms with E-state index in [1.807, 2.05) is 6.08 Å². The molecule has 0 unspecified atom stereocenters. The molecule has 0 aliphatic heterocycles. The van der Waals surface area contributed by atoms with Gasteiger partial charge in [0.1, 0.15) is 20.4 Å². The molecule has 0 aromatic heterocycles. The van der Waals surface area contributed by atoms with Crippen LogP contribution in [0.4, 0.5) is 0 Å². The van der Waals surface area contributed by atoms with Gasteiger partial charge in [-0.1, -0.05) is 168 Å². The summed E-state index contributed by atoms with van der Waals surface area (Å²) in [7, 11) is -2.23. The summed E-state index contributed by atoms with van der Waals surface area (Å²) in [4.78, 5) is 0. The van der Waals surface area contributed by atoms with Gasteiger partial charge in [0.15, 0.2) is 0 Å². The van der Waals surface area contributed by atoms with Gasteiger partial charge in [0, 0.05) is 5.54 Å². The van der Waals surface area contributed by atoms with Crippen molar-refractivity contribution in [3.8, 4) is 16.9 Å². The van der Waals surface area contributed by atoms with Crippen LogP contribution in [-0.2, 0) is 23.7 Å². The molecule has 0 spiro atoms. The van der Waals surface area contributed by atoms with Gasteiger partial charge in [0.2, 0.25) is 0 Å². The fraction of sp³-hybridized carbons (Fsp3) is 0.545. The Bertz CT molecular complexity index is 1410. The second kappa shape index (κ2) is 15.1. The van der Waals surface area contributed by atoms with Crippen LogP contribution in [0.3, 0.4) is 0 Å². The average Bonchev–Trinajstić information content (AvgIpc) is 3.34. The lowest BCUT2D eigenvalue weighted by Gasteiger charge is -2.39. The lowest BCUT2D eigenvalue weighted by molar-refractivity contribution is 0.361. The summed E-state index contributed by atoms with van der Waals surface area (Å²) >= 11 is 0. The van der Waals surface area contributed by atoms with Crippen LogP contribution in [0, 0.1) is 0 Å². The minimum Gasteiger partial charge on any atom is -0.489 e. The van der Waals surface area contributed by atoms with Gasteiger partial charge in [0.25, 0.3) is 0 Å². The van der Waals surface area contributed by atoms with E-state index < -0.39 is 8.07 Å². The first-order chi connectivity index (χ1) is 21.9. The van der Waals surface area contributed by atoms with E-state index in [-0.39, 0.29) is 10.8 Å². The second-order valence-electron chi connectivity index (χ2n) is 16.0. The number of benzene rings is 3. The molecule has 0 radical (unpaired) electrons. The summed E-state index contributed by atoms with van der Waals surface area (Å²) in [6.07, 6.45) is 11.7. The van der Waals surface area contributed by atoms with Crippen molar-refractivity contribution in [2.45, 2.75) is 149 Å². The SMILES string of the molecule is C=CCOc1c(CCCCC)cc(CCCCC)cc1[Si](CC)(CC)C1c2ccc(C(C)(C)C)cc2-c2cc(C(C)(C)C)ccc21. The molecule has 2 heteroatoms. The van der Waals surface area contributed by atoms with Gasteiger partial charge in [-0.3, -0.25) is 0 Å². The fourth-order valence-corrected chi connectivity index (χ4v) is 13.1. The van der Waals surface area contributed by atoms with Crippen LogP contribution in [0.5, 0.6) is 5.75 Å². The molecule has 0 heterocycles. The first-order valence-electron chi connectivity index (χ1n) is 18.5. The van der Waals surface area contributed by atoms with E-state index in [9.17, 15) is 0 Å². The van der Waals surface area contributed by atoms with E-state index in [2.05, 4.69) is 124 Å². The van der Waals surface area contributed by atoms with Crippen LogP contribution in [0.15, 0.2) is 61.2 Å². The lowest BCUT2D eigenvalue weighted by Crippen LogP contribution is -2.53. The van der Waals surface area contributed by atoms with Crippen molar-refractivity contribution in [1.29, 1.82) is 0 Å². The Morgan fingerprint density at radius 2 is 1.22 bits per heavy atom. The van der Waals surface area contributed by atoms with E-state index in [1.165, 1.54) is 89.7 Å². The molecule has 1 nitrogen and oxygen atoms in total. The molecule has 46 heavy (non-hydrogen) atoms. The molecular formula is C44H64OSi. The van der Waals surface area contributed by atoms with Gasteiger partial charge in [-0.2, -0.15) is 0 Å². The third-order valence-electron chi connectivity index (χ3n) is 10.8. The molecule has 1 aliphatic rings. The molecule has 3 aromatic carbocycles. The van der Waals surface area contributed by atoms with Crippen LogP contribution >= 0.6 is 0 Å². The Hall–Kier alpha value is -2.58. The highest BCUT2D eigenvalue weighted by Gasteiger charge is 2.48. The average molecular weight is 637 g/mol. The highest BCUT2D eigenvalue weighted by atomic mass is 28.3. The van der Waals surface area contributed by atoms with E-state index >= 15 is 0 Å². The van der Waals surface area contributed by atoms with Crippen molar-refractivity contribution in [2.75, 3.05) is 6.61 Å². The highest BCUT2D eigenvalue weighted by molar-refractivity contribution is 6.94. The molecule has 4 rings (SSSR count). The summed E-state index contributed by atoms with van der Waals surface area (Å²) in [5.74, 6) is 1.19. The highest BCUT2D eigenvalue weighted by Crippen LogP contribution is 2.53. The molecule has 0 saturated carbocycles. The van der Waals surface area contributed by atoms with Crippen molar-refractivity contribution in [3.05, 3.63) is 94.6 Å². The maximum Gasteiger partial charge on any atom is 0.122 e. The number of rotatable bonds is 15. The molecule has 0 fully saturated rings. The smallest absolute Gasteiger partial charge is 0.122 e. The van der Waals surface area contributed by atoms with E-state index in [0.717, 1.165) is 12.8 Å². The minimum absolute atomic E-state index is 0.102. The van der Waals surface area contributed by atoms with E-state index in [4.69, 9.17) is 4.74 Å². The summed E-state index contributed by atoms with van der Waals surface area (Å²) < 4.78 is 6.82. The van der Waals surface area contributed by atoms with Crippen LogP contribution in [0.2, 0.25) is 12.1 Å². The normalized spacial score (nSPS) is 13.5. The Balaban J connectivity index is 2.04. The summed E-state index contributed by atoms with van der Waals surface area (Å²) in [6, 6.07) is 22.5. The fourth-order valence-electron chi connectivity index (χ4n) is 7.89. The summed E-state index contributed by atoms with van der Waals surface area (Å²) in [5, 5.41) is 1.56. The molecule has 1 aliphatic carbocycles. The third kappa shape index (κ3) is 7.43. The zero-order chi connectivity index (χ0) is 33.7. The zero-order valence-corrected chi connectivity index (χ0v) is 32.2. The molecular weight excluding hydrogens is 573 g/mol. The maximum absolute atomic E-state index is 6.82. The predicted octanol–water partition coefficient (Wildman–Crippen LogP) is 12.4. The molecule has 0 N–H and O–H groups in total. The van der Waals surface area contributed by atoms with Crippen molar-refractivity contribution < 1.29 is 4.74 Å². The third-order valence-corrected chi connectivity index (χ3v) is 16.5. The van der Waals surface area contributed by atoms with Gasteiger partial charge < -0.3 is 4.74 Å². The van der Waals surface area contributed by atoms with Crippen molar-refractivity contribution >= 4 is 13.3 Å². The van der Waals surface area contributed by atoms with E-state index in [0.29, 0.717) is 12.1 Å². The number of hydrogen-bond acceptors (Lipinski definition) is 1. The second-order valence-corrected chi connectivity index (χ2v) is 20.9. The van der Waals surface area contributed by atoms with Crippen LogP contribution < -0.4 is 9.92 Å². The Morgan fingerprint density at radius 1 is 0.696 bits per heavy atom. The monoisotopic (exact) mass is 636 g/mol. The Morgan fingerprint density at radius 3 is 1.67 bits per heavy atom. The topological polar surface area (TPSA) is 9.23 Å². The minimum atomic E-state index is -2.23. The lowest BCUT2D eigenvalue weighted by atomic mass is 9.83. The molecule has 3 aromatic rings. The van der Waals surface area contributed by atoms with Gasteiger partial charge in [-0.15, -0.1) is 0 Å². The molecule has 0 saturated heterocycles. The summed E-state index contributed by atoms with van der Waals surface area (Å²) in [6.45, 7) is 28.3. The first kappa shape index (κ1) is 36.3. The standard InChI is InChI=1S/C44H64OSi/c1-12-17-19-21-32-28-33(22-20-18-13-2)41(45-27-14-3)40(29-32)46(15-4,16-5)42-36-25-23-34(43(6,7)8)30-38(36)39-31-35(44(9,10)11)24-26-37(39)42/h14,23-26,28-31,42H,3,12-13,15-22,27H2,1-2,4-11H3. The predicted molar refractivity (Wildman–Crippen MR) is 206 cm³/mol. The van der Waals surface area contributed by atoms with Gasteiger partial charge in [-0.25, -0.2) is 0 Å². The molecule has 0 atom stereocenters. The van der Waals surface area contributed by atoms with Gasteiger partial charge in [0.05, 0.1) is 0 Å². The number of unbranched alkanes of at least 4 members (excludes halogenated alkanes) is 4. The van der Waals surface area contributed by atoms with Crippen LogP contribution in [-0.4, -0.2) is 14.7 Å². The van der Waals surface area contributed by atoms with Gasteiger partial charge in [-0.05, 0) is 86.2 Å². The zero-order valence-electron chi connectivity index (χ0n) is 31.2. The first-order valence-corrected chi connectivity index (χ1v) is 21.0. The Labute approximate surface area is 284 Å². The van der Waals surface area contributed by atoms with Gasteiger partial charge >= 0.3 is 0 Å². The number of aryl methyl sites for hydroxylation is 2. The quantitative estimate of drug-likeness (QED) is 0.0916. The Kier molecular flexibility index (Phi) is 11.9. The molecule has 0 amide bonds. The van der Waals surface area contributed by atoms with Crippen LogP contribution in [0.1, 0.15) is 147 Å². The van der Waals surface area contributed by atoms with Crippen LogP contribution in [0.25, 0.3) is 11.1 Å². The number of fused-ring (bicyclic) bond motifs is 3. The summed E-state index contributed by atoms with van der Waals surface area (Å²) in [5.41, 5.74) is 12.4. The number of hydrogen-bond donors (Lipinski definition) is 0. The molecule has 250 valence electrons. The molecule has 0 bridgehead atoms. The van der Waals surface area contributed by atoms with E-state index in [1.54, 1.807) is 16.3 Å². The van der Waals surface area contributed by atoms with Crippen molar-refractivity contribution in [3.63, 3.8) is 0 Å². The van der Waals surface area contributed by atoms with Crippen molar-refractivity contribution in [2.24, 2.45) is 0 Å². The number of ether oxygens (including phenoxy) is 1. The largest absolute Gasteiger partial charge is 0.489 e. The van der Waals surface area contributed by atoms with Crippen molar-refractivity contribution in [1.82, 2.24) is 0 Å². The maximum atomic E-state index is 6.82.